The predicted octanol–water partition coefficient (Wildman–Crippen LogP) is 2.38. The molecule has 6 bridgehead atoms. The van der Waals surface area contributed by atoms with Crippen LogP contribution >= 0.6 is 34.2 Å². The van der Waals surface area contributed by atoms with Gasteiger partial charge in [0.05, 0.1) is 12.2 Å². The molecule has 6 aliphatic heterocycles. The summed E-state index contributed by atoms with van der Waals surface area (Å²) in [5.74, 6) is -3.25. The Bertz CT molecular complexity index is 681. The molecular formula is C20H28ClIO7. The zero-order chi connectivity index (χ0) is 20.6. The highest BCUT2D eigenvalue weighted by molar-refractivity contribution is 14.1. The maximum atomic E-state index is 11.2. The van der Waals surface area contributed by atoms with Crippen molar-refractivity contribution in [2.24, 2.45) is 0 Å². The summed E-state index contributed by atoms with van der Waals surface area (Å²) in [7, 11) is 0. The number of alkyl halides is 1. The summed E-state index contributed by atoms with van der Waals surface area (Å²) in [6.07, 6.45) is 0.278. The standard InChI is InChI=1S/C20H28ClIO7/c1-3-11-4-5-12-13(25-11)14-15-16(26-12)17-20(24,28-15)18(23)19(27-14,29-17)7-6-10(21)8-9(2)22/h10-18,23-24H,2-8H2,1H3/t10-,11+,12+,13+,14+,15+,16?,17+,18+,19-,20-/m1/s1. The number of rotatable bonds is 6. The van der Waals surface area contributed by atoms with E-state index in [0.717, 1.165) is 22.8 Å². The third kappa shape index (κ3) is 3.24. The van der Waals surface area contributed by atoms with Gasteiger partial charge in [0.15, 0.2) is 6.10 Å². The monoisotopic (exact) mass is 542 g/mol. The predicted molar refractivity (Wildman–Crippen MR) is 112 cm³/mol. The van der Waals surface area contributed by atoms with E-state index in [-0.39, 0.29) is 23.7 Å². The quantitative estimate of drug-likeness (QED) is 0.394. The van der Waals surface area contributed by atoms with E-state index < -0.39 is 42.1 Å². The van der Waals surface area contributed by atoms with E-state index in [1.807, 2.05) is 0 Å². The summed E-state index contributed by atoms with van der Waals surface area (Å²) in [4.78, 5) is 0. The zero-order valence-electron chi connectivity index (χ0n) is 16.3. The van der Waals surface area contributed by atoms with E-state index >= 15 is 0 Å². The number of fused-ring (bicyclic) bond motifs is 1. The highest BCUT2D eigenvalue weighted by atomic mass is 127. The van der Waals surface area contributed by atoms with Gasteiger partial charge in [-0.05, 0) is 58.3 Å². The van der Waals surface area contributed by atoms with Crippen molar-refractivity contribution >= 4 is 34.2 Å². The van der Waals surface area contributed by atoms with Crippen LogP contribution in [0.5, 0.6) is 0 Å². The van der Waals surface area contributed by atoms with Crippen LogP contribution in [-0.2, 0) is 23.7 Å². The second kappa shape index (κ2) is 7.52. The number of hydrogen-bond donors (Lipinski definition) is 2. The van der Waals surface area contributed by atoms with Crippen LogP contribution in [0.1, 0.15) is 45.4 Å². The Balaban J connectivity index is 1.43. The van der Waals surface area contributed by atoms with Crippen molar-refractivity contribution in [1.29, 1.82) is 0 Å². The Kier molecular flexibility index (Phi) is 5.53. The van der Waals surface area contributed by atoms with Crippen LogP contribution in [0.4, 0.5) is 0 Å². The van der Waals surface area contributed by atoms with Crippen LogP contribution in [0.25, 0.3) is 0 Å². The van der Waals surface area contributed by atoms with Crippen LogP contribution < -0.4 is 0 Å². The van der Waals surface area contributed by atoms with Gasteiger partial charge in [-0.1, -0.05) is 13.5 Å². The first-order chi connectivity index (χ1) is 13.8. The average Bonchev–Trinajstić information content (AvgIpc) is 2.99. The SMILES string of the molecule is C=C(I)C[C@H](Cl)CC[C@@]12O[C@H]3[C@H]4O[C@@H](CC)CC[C@@H]4OC4[C@H]3O[C@](O)([C@H]4O1)[C@H]2O. The molecule has 6 heterocycles. The molecule has 29 heavy (non-hydrogen) atoms. The van der Waals surface area contributed by atoms with Gasteiger partial charge < -0.3 is 33.9 Å². The van der Waals surface area contributed by atoms with Crippen molar-refractivity contribution in [2.75, 3.05) is 0 Å². The largest absolute Gasteiger partial charge is 0.382 e. The third-order valence-corrected chi connectivity index (χ3v) is 7.81. The number of halogens is 2. The first kappa shape index (κ1) is 21.3. The molecule has 7 nitrogen and oxygen atoms in total. The van der Waals surface area contributed by atoms with E-state index in [2.05, 4.69) is 36.1 Å². The van der Waals surface area contributed by atoms with Gasteiger partial charge in [-0.25, -0.2) is 0 Å². The molecule has 0 amide bonds. The van der Waals surface area contributed by atoms with Crippen molar-refractivity contribution in [3.05, 3.63) is 10.2 Å². The second-order valence-corrected chi connectivity index (χ2v) is 11.0. The molecule has 6 rings (SSSR count). The summed E-state index contributed by atoms with van der Waals surface area (Å²) in [6.45, 7) is 6.00. The molecule has 9 heteroatoms. The van der Waals surface area contributed by atoms with E-state index in [1.165, 1.54) is 0 Å². The van der Waals surface area contributed by atoms with Crippen LogP contribution in [0, 0.1) is 0 Å². The van der Waals surface area contributed by atoms with Gasteiger partial charge in [0.25, 0.3) is 0 Å². The maximum Gasteiger partial charge on any atom is 0.227 e. The number of ether oxygens (including phenoxy) is 5. The van der Waals surface area contributed by atoms with Crippen molar-refractivity contribution < 1.29 is 33.9 Å². The van der Waals surface area contributed by atoms with Crippen LogP contribution in [0.3, 0.4) is 0 Å². The van der Waals surface area contributed by atoms with Crippen LogP contribution in [-0.4, -0.2) is 76.0 Å². The molecular weight excluding hydrogens is 515 g/mol. The van der Waals surface area contributed by atoms with E-state index in [1.54, 1.807) is 0 Å². The Labute approximate surface area is 189 Å². The zero-order valence-corrected chi connectivity index (χ0v) is 19.3. The van der Waals surface area contributed by atoms with Gasteiger partial charge in [0.1, 0.15) is 30.5 Å². The molecule has 0 aromatic heterocycles. The van der Waals surface area contributed by atoms with E-state index in [9.17, 15) is 10.2 Å². The highest BCUT2D eigenvalue weighted by Gasteiger charge is 2.78. The third-order valence-electron chi connectivity index (χ3n) is 7.00. The number of allylic oxidation sites excluding steroid dienone is 1. The topological polar surface area (TPSA) is 86.6 Å². The molecule has 6 fully saturated rings. The summed E-state index contributed by atoms with van der Waals surface area (Å²) in [6, 6.07) is 0. The van der Waals surface area contributed by atoms with Gasteiger partial charge in [-0.15, -0.1) is 11.6 Å². The summed E-state index contributed by atoms with van der Waals surface area (Å²) in [5.41, 5.74) is 0. The molecule has 2 N–H and O–H groups in total. The highest BCUT2D eigenvalue weighted by Crippen LogP contribution is 2.57. The first-order valence-corrected chi connectivity index (χ1v) is 12.0. The van der Waals surface area contributed by atoms with Crippen LogP contribution in [0.15, 0.2) is 10.2 Å². The molecule has 0 aromatic carbocycles. The first-order valence-electron chi connectivity index (χ1n) is 10.5. The molecule has 11 atom stereocenters. The lowest BCUT2D eigenvalue weighted by atomic mass is 9.86. The molecule has 0 radical (unpaired) electrons. The number of hydrogen-bond acceptors (Lipinski definition) is 7. The maximum absolute atomic E-state index is 11.2. The minimum Gasteiger partial charge on any atom is -0.382 e. The molecule has 6 aliphatic rings. The average molecular weight is 543 g/mol. The summed E-state index contributed by atoms with van der Waals surface area (Å²) < 4.78 is 32.2. The minimum absolute atomic E-state index is 0.129. The van der Waals surface area contributed by atoms with Gasteiger partial charge in [-0.3, -0.25) is 0 Å². The number of aliphatic hydroxyl groups is 2. The van der Waals surface area contributed by atoms with Crippen LogP contribution in [0.2, 0.25) is 0 Å². The summed E-state index contributed by atoms with van der Waals surface area (Å²) in [5, 5.41) is 22.1. The Morgan fingerprint density at radius 2 is 1.93 bits per heavy atom. The fourth-order valence-electron chi connectivity index (χ4n) is 5.56. The van der Waals surface area contributed by atoms with E-state index in [0.29, 0.717) is 19.3 Å². The molecule has 1 unspecified atom stereocenters. The van der Waals surface area contributed by atoms with Gasteiger partial charge in [-0.2, -0.15) is 0 Å². The normalized spacial score (nSPS) is 53.6. The Hall–Kier alpha value is 0.480. The van der Waals surface area contributed by atoms with Crippen molar-refractivity contribution in [3.63, 3.8) is 0 Å². The van der Waals surface area contributed by atoms with Crippen molar-refractivity contribution in [1.82, 2.24) is 0 Å². The van der Waals surface area contributed by atoms with Gasteiger partial charge >= 0.3 is 0 Å². The Morgan fingerprint density at radius 1 is 1.17 bits per heavy atom. The van der Waals surface area contributed by atoms with Gasteiger partial charge in [0, 0.05) is 11.8 Å². The van der Waals surface area contributed by atoms with Crippen molar-refractivity contribution in [2.45, 2.75) is 111 Å². The summed E-state index contributed by atoms with van der Waals surface area (Å²) >= 11 is 8.61. The van der Waals surface area contributed by atoms with Crippen molar-refractivity contribution in [3.8, 4) is 0 Å². The fourth-order valence-corrected chi connectivity index (χ4v) is 6.64. The second-order valence-electron chi connectivity index (χ2n) is 8.87. The molecule has 0 aromatic rings. The lowest BCUT2D eigenvalue weighted by molar-refractivity contribution is -0.305. The molecule has 0 saturated carbocycles. The van der Waals surface area contributed by atoms with Gasteiger partial charge in [0.2, 0.25) is 11.6 Å². The Morgan fingerprint density at radius 3 is 2.66 bits per heavy atom. The smallest absolute Gasteiger partial charge is 0.227 e. The molecule has 0 aliphatic carbocycles. The molecule has 6 saturated heterocycles. The number of aliphatic hydroxyl groups excluding tert-OH is 1. The fraction of sp³-hybridized carbons (Fsp3) is 0.900. The lowest BCUT2D eigenvalue weighted by Gasteiger charge is -2.47. The molecule has 164 valence electrons. The molecule has 0 spiro atoms. The lowest BCUT2D eigenvalue weighted by Crippen LogP contribution is -2.62. The minimum atomic E-state index is -1.85. The van der Waals surface area contributed by atoms with E-state index in [4.69, 9.17) is 35.3 Å².